The van der Waals surface area contributed by atoms with Crippen molar-refractivity contribution in [1.29, 1.82) is 0 Å². The Morgan fingerprint density at radius 2 is 1.91 bits per heavy atom. The SMILES string of the molecule is NC(=O)c1ccccc1OCc1nc(-c2ccc(Cl)cc2)no1. The van der Waals surface area contributed by atoms with E-state index in [1.165, 1.54) is 0 Å². The summed E-state index contributed by atoms with van der Waals surface area (Å²) in [4.78, 5) is 15.6. The molecule has 1 heterocycles. The van der Waals surface area contributed by atoms with Crippen LogP contribution in [0.3, 0.4) is 0 Å². The Labute approximate surface area is 136 Å². The molecule has 3 rings (SSSR count). The molecule has 0 saturated heterocycles. The first-order valence-electron chi connectivity index (χ1n) is 6.73. The number of aromatic nitrogens is 2. The summed E-state index contributed by atoms with van der Waals surface area (Å²) in [5, 5.41) is 4.51. The molecule has 0 fully saturated rings. The van der Waals surface area contributed by atoms with Gasteiger partial charge < -0.3 is 15.0 Å². The summed E-state index contributed by atoms with van der Waals surface area (Å²) in [7, 11) is 0. The topological polar surface area (TPSA) is 91.2 Å². The smallest absolute Gasteiger partial charge is 0.264 e. The van der Waals surface area contributed by atoms with Gasteiger partial charge in [0, 0.05) is 10.6 Å². The Morgan fingerprint density at radius 1 is 1.17 bits per heavy atom. The number of carbonyl (C=O) groups is 1. The second-order valence-electron chi connectivity index (χ2n) is 4.67. The number of nitrogens with zero attached hydrogens (tertiary/aromatic N) is 2. The molecule has 116 valence electrons. The predicted octanol–water partition coefficient (Wildman–Crippen LogP) is 3.07. The van der Waals surface area contributed by atoms with Gasteiger partial charge in [-0.2, -0.15) is 4.98 Å². The number of ether oxygens (including phenoxy) is 1. The fraction of sp³-hybridized carbons (Fsp3) is 0.0625. The van der Waals surface area contributed by atoms with E-state index < -0.39 is 5.91 Å². The molecular weight excluding hydrogens is 318 g/mol. The van der Waals surface area contributed by atoms with Crippen molar-refractivity contribution in [3.8, 4) is 17.1 Å². The van der Waals surface area contributed by atoms with E-state index in [9.17, 15) is 4.79 Å². The fourth-order valence-corrected chi connectivity index (χ4v) is 2.09. The lowest BCUT2D eigenvalue weighted by molar-refractivity contribution is 0.0995. The van der Waals surface area contributed by atoms with Gasteiger partial charge in [0.2, 0.25) is 5.82 Å². The molecular formula is C16H12ClN3O3. The van der Waals surface area contributed by atoms with Gasteiger partial charge in [0.1, 0.15) is 5.75 Å². The van der Waals surface area contributed by atoms with E-state index >= 15 is 0 Å². The molecule has 0 aliphatic rings. The molecule has 0 unspecified atom stereocenters. The molecule has 6 nitrogen and oxygen atoms in total. The average molecular weight is 330 g/mol. The maximum Gasteiger partial charge on any atom is 0.264 e. The molecule has 1 amide bonds. The van der Waals surface area contributed by atoms with Crippen LogP contribution in [0.25, 0.3) is 11.4 Å². The maximum absolute atomic E-state index is 11.3. The third-order valence-corrected chi connectivity index (χ3v) is 3.33. The molecule has 0 radical (unpaired) electrons. The molecule has 0 aliphatic carbocycles. The number of halogens is 1. The quantitative estimate of drug-likeness (QED) is 0.776. The van der Waals surface area contributed by atoms with Gasteiger partial charge in [-0.05, 0) is 36.4 Å². The monoisotopic (exact) mass is 329 g/mol. The van der Waals surface area contributed by atoms with Crippen LogP contribution in [0.4, 0.5) is 0 Å². The summed E-state index contributed by atoms with van der Waals surface area (Å²) in [5.41, 5.74) is 6.37. The van der Waals surface area contributed by atoms with Crippen molar-refractivity contribution in [2.24, 2.45) is 5.73 Å². The number of hydrogen-bond donors (Lipinski definition) is 1. The zero-order valence-corrected chi connectivity index (χ0v) is 12.7. The van der Waals surface area contributed by atoms with Crippen molar-refractivity contribution in [3.05, 3.63) is 65.0 Å². The standard InChI is InChI=1S/C16H12ClN3O3/c17-11-7-5-10(6-8-11)16-19-14(23-20-16)9-22-13-4-2-1-3-12(13)15(18)21/h1-8H,9H2,(H2,18,21). The molecule has 0 aliphatic heterocycles. The maximum atomic E-state index is 11.3. The summed E-state index contributed by atoms with van der Waals surface area (Å²) >= 11 is 5.84. The van der Waals surface area contributed by atoms with Crippen molar-refractivity contribution in [2.75, 3.05) is 0 Å². The molecule has 2 aromatic carbocycles. The van der Waals surface area contributed by atoms with Crippen molar-refractivity contribution >= 4 is 17.5 Å². The molecule has 0 spiro atoms. The minimum atomic E-state index is -0.562. The number of carbonyl (C=O) groups excluding carboxylic acids is 1. The average Bonchev–Trinajstić information content (AvgIpc) is 3.03. The molecule has 23 heavy (non-hydrogen) atoms. The minimum Gasteiger partial charge on any atom is -0.483 e. The summed E-state index contributed by atoms with van der Waals surface area (Å²) in [5.74, 6) is 0.525. The predicted molar refractivity (Wildman–Crippen MR) is 84.0 cm³/mol. The summed E-state index contributed by atoms with van der Waals surface area (Å²) < 4.78 is 10.7. The van der Waals surface area contributed by atoms with Crippen LogP contribution in [0.5, 0.6) is 5.75 Å². The number of benzene rings is 2. The molecule has 0 saturated carbocycles. The van der Waals surface area contributed by atoms with Gasteiger partial charge in [-0.3, -0.25) is 4.79 Å². The van der Waals surface area contributed by atoms with Crippen LogP contribution in [0.1, 0.15) is 16.2 Å². The van der Waals surface area contributed by atoms with Crippen LogP contribution in [0.15, 0.2) is 53.1 Å². The van der Waals surface area contributed by atoms with Crippen LogP contribution in [-0.4, -0.2) is 16.0 Å². The Hall–Kier alpha value is -2.86. The number of nitrogens with two attached hydrogens (primary N) is 1. The van der Waals surface area contributed by atoms with Gasteiger partial charge in [0.15, 0.2) is 6.61 Å². The third kappa shape index (κ3) is 3.49. The summed E-state index contributed by atoms with van der Waals surface area (Å²) in [6, 6.07) is 13.8. The first-order valence-corrected chi connectivity index (χ1v) is 7.11. The number of amides is 1. The van der Waals surface area contributed by atoms with Gasteiger partial charge >= 0.3 is 0 Å². The number of para-hydroxylation sites is 1. The Bertz CT molecular complexity index is 831. The molecule has 7 heteroatoms. The second-order valence-corrected chi connectivity index (χ2v) is 5.10. The van der Waals surface area contributed by atoms with Crippen LogP contribution >= 0.6 is 11.6 Å². The van der Waals surface area contributed by atoms with E-state index in [0.717, 1.165) is 5.56 Å². The Balaban J connectivity index is 1.73. The van der Waals surface area contributed by atoms with E-state index in [0.29, 0.717) is 22.2 Å². The van der Waals surface area contributed by atoms with Crippen LogP contribution in [0, 0.1) is 0 Å². The third-order valence-electron chi connectivity index (χ3n) is 3.07. The minimum absolute atomic E-state index is 0.0326. The Morgan fingerprint density at radius 3 is 2.65 bits per heavy atom. The van der Waals surface area contributed by atoms with Crippen molar-refractivity contribution in [3.63, 3.8) is 0 Å². The van der Waals surface area contributed by atoms with Gasteiger partial charge in [-0.1, -0.05) is 28.9 Å². The molecule has 3 aromatic rings. The van der Waals surface area contributed by atoms with E-state index in [-0.39, 0.29) is 12.5 Å². The first-order chi connectivity index (χ1) is 11.1. The highest BCUT2D eigenvalue weighted by molar-refractivity contribution is 6.30. The molecule has 0 atom stereocenters. The largest absolute Gasteiger partial charge is 0.483 e. The number of hydrogen-bond acceptors (Lipinski definition) is 5. The molecule has 1 aromatic heterocycles. The van der Waals surface area contributed by atoms with E-state index in [1.807, 2.05) is 0 Å². The van der Waals surface area contributed by atoms with Crippen LogP contribution in [0.2, 0.25) is 5.02 Å². The zero-order valence-electron chi connectivity index (χ0n) is 11.9. The second kappa shape index (κ2) is 6.50. The van der Waals surface area contributed by atoms with Crippen molar-refractivity contribution in [1.82, 2.24) is 10.1 Å². The Kier molecular flexibility index (Phi) is 4.25. The van der Waals surface area contributed by atoms with Crippen molar-refractivity contribution in [2.45, 2.75) is 6.61 Å². The normalized spacial score (nSPS) is 10.5. The van der Waals surface area contributed by atoms with E-state index in [1.54, 1.807) is 48.5 Å². The fourth-order valence-electron chi connectivity index (χ4n) is 1.97. The first kappa shape index (κ1) is 15.1. The highest BCUT2D eigenvalue weighted by Crippen LogP contribution is 2.21. The van der Waals surface area contributed by atoms with Gasteiger partial charge in [-0.25, -0.2) is 0 Å². The van der Waals surface area contributed by atoms with Gasteiger partial charge in [0.05, 0.1) is 5.56 Å². The van der Waals surface area contributed by atoms with Gasteiger partial charge in [-0.15, -0.1) is 0 Å². The number of primary amides is 1. The van der Waals surface area contributed by atoms with Crippen molar-refractivity contribution < 1.29 is 14.1 Å². The summed E-state index contributed by atoms with van der Waals surface area (Å²) in [6.07, 6.45) is 0. The molecule has 0 bridgehead atoms. The van der Waals surface area contributed by atoms with E-state index in [2.05, 4.69) is 10.1 Å². The van der Waals surface area contributed by atoms with Crippen LogP contribution < -0.4 is 10.5 Å². The lowest BCUT2D eigenvalue weighted by Gasteiger charge is -2.06. The zero-order chi connectivity index (χ0) is 16.2. The van der Waals surface area contributed by atoms with Gasteiger partial charge in [0.25, 0.3) is 11.8 Å². The number of rotatable bonds is 5. The van der Waals surface area contributed by atoms with E-state index in [4.69, 9.17) is 26.6 Å². The highest BCUT2D eigenvalue weighted by atomic mass is 35.5. The lowest BCUT2D eigenvalue weighted by atomic mass is 10.2. The highest BCUT2D eigenvalue weighted by Gasteiger charge is 2.12. The molecule has 2 N–H and O–H groups in total. The lowest BCUT2D eigenvalue weighted by Crippen LogP contribution is -2.12. The summed E-state index contributed by atoms with van der Waals surface area (Å²) in [6.45, 7) is 0.0326. The van der Waals surface area contributed by atoms with Crippen LogP contribution in [-0.2, 0) is 6.61 Å².